The second kappa shape index (κ2) is 15.8. The van der Waals surface area contributed by atoms with Crippen LogP contribution in [0.2, 0.25) is 0 Å². The van der Waals surface area contributed by atoms with Gasteiger partial charge in [-0.15, -0.1) is 0 Å². The Hall–Kier alpha value is -5.65. The molecular weight excluding hydrogens is 743 g/mol. The van der Waals surface area contributed by atoms with Gasteiger partial charge in [-0.1, -0.05) is 6.42 Å². The fourth-order valence-corrected chi connectivity index (χ4v) is 9.00. The third-order valence-electron chi connectivity index (χ3n) is 10.6. The van der Waals surface area contributed by atoms with Crippen LogP contribution in [0.15, 0.2) is 59.8 Å². The van der Waals surface area contributed by atoms with E-state index in [0.29, 0.717) is 67.0 Å². The summed E-state index contributed by atoms with van der Waals surface area (Å²) in [5, 5.41) is 9.17. The van der Waals surface area contributed by atoms with Crippen LogP contribution in [0, 0.1) is 0 Å². The Bertz CT molecular complexity index is 2390. The van der Waals surface area contributed by atoms with Gasteiger partial charge in [0.05, 0.1) is 30.7 Å². The van der Waals surface area contributed by atoms with Gasteiger partial charge in [-0.05, 0) is 73.0 Å². The molecule has 56 heavy (non-hydrogen) atoms. The summed E-state index contributed by atoms with van der Waals surface area (Å²) in [6, 6.07) is 8.80. The summed E-state index contributed by atoms with van der Waals surface area (Å²) in [5.41, 5.74) is 3.04. The van der Waals surface area contributed by atoms with Crippen molar-refractivity contribution in [3.05, 3.63) is 82.0 Å². The molecule has 16 nitrogen and oxygen atoms in total. The van der Waals surface area contributed by atoms with E-state index in [1.165, 1.54) is 4.57 Å². The first kappa shape index (κ1) is 38.6. The molecule has 2 aromatic carbocycles. The molecule has 7 rings (SSSR count). The van der Waals surface area contributed by atoms with E-state index in [-0.39, 0.29) is 35.9 Å². The lowest BCUT2D eigenvalue weighted by atomic mass is 9.95. The summed E-state index contributed by atoms with van der Waals surface area (Å²) in [5.74, 6) is -1.24. The zero-order valence-corrected chi connectivity index (χ0v) is 32.0. The Kier molecular flexibility index (Phi) is 10.9. The molecule has 5 heterocycles. The number of aryl methyl sites for hydroxylation is 1. The second-order valence-corrected chi connectivity index (χ2v) is 16.2. The highest BCUT2D eigenvalue weighted by Gasteiger charge is 2.44. The van der Waals surface area contributed by atoms with Crippen LogP contribution in [0.5, 0.6) is 11.5 Å². The van der Waals surface area contributed by atoms with Crippen molar-refractivity contribution < 1.29 is 37.1 Å². The molecule has 4 N–H and O–H groups in total. The smallest absolute Gasteiger partial charge is 0.262 e. The standard InChI is InChI=1S/C39H43N7O9S/c1-45-21-31(26-11-13-40-20-30(26)37(45)49)22-14-33(54-2)29(34(15-22)55-3)17-24(44-56(52,53)25-18-41-19-25)6-4-5-12-42-23-7-8-27-28(16-23)39(51)46(38(27)50)32-9-10-35(47)43-36(32)48/h7-8,11,13-16,20-21,24-25,32,41-42,44H,4-6,9-10,12,17-19H2,1-3H3,(H,43,47,48). The number of pyridine rings is 2. The lowest BCUT2D eigenvalue weighted by molar-refractivity contribution is -0.136. The number of nitrogens with one attached hydrogen (secondary N) is 4. The van der Waals surface area contributed by atoms with E-state index in [4.69, 9.17) is 9.47 Å². The molecule has 2 aromatic heterocycles. The molecule has 2 saturated heterocycles. The largest absolute Gasteiger partial charge is 0.496 e. The van der Waals surface area contributed by atoms with Gasteiger partial charge in [-0.2, -0.15) is 0 Å². The Balaban J connectivity index is 1.05. The number of rotatable bonds is 15. The first-order valence-electron chi connectivity index (χ1n) is 18.4. The number of sulfonamides is 1. The minimum absolute atomic E-state index is 0.0400. The molecule has 2 fully saturated rings. The quantitative estimate of drug-likeness (QED) is 0.101. The average Bonchev–Trinajstić information content (AvgIpc) is 3.39. The molecule has 0 aliphatic carbocycles. The summed E-state index contributed by atoms with van der Waals surface area (Å²) < 4.78 is 42.9. The Morgan fingerprint density at radius 3 is 2.34 bits per heavy atom. The summed E-state index contributed by atoms with van der Waals surface area (Å²) in [4.78, 5) is 68.2. The lowest BCUT2D eigenvalue weighted by Crippen LogP contribution is -2.56. The minimum Gasteiger partial charge on any atom is -0.496 e. The van der Waals surface area contributed by atoms with Gasteiger partial charge in [0.1, 0.15) is 22.8 Å². The highest BCUT2D eigenvalue weighted by atomic mass is 32.2. The zero-order chi connectivity index (χ0) is 39.7. The van der Waals surface area contributed by atoms with E-state index < -0.39 is 51.0 Å². The van der Waals surface area contributed by atoms with Gasteiger partial charge in [0.15, 0.2) is 0 Å². The van der Waals surface area contributed by atoms with E-state index in [0.717, 1.165) is 21.4 Å². The van der Waals surface area contributed by atoms with Crippen molar-refractivity contribution in [2.24, 2.45) is 7.05 Å². The number of carbonyl (C=O) groups excluding carboxylic acids is 4. The van der Waals surface area contributed by atoms with Crippen molar-refractivity contribution in [2.45, 2.75) is 55.9 Å². The lowest BCUT2D eigenvalue weighted by Gasteiger charge is -2.30. The molecule has 4 amide bonds. The molecule has 2 unspecified atom stereocenters. The van der Waals surface area contributed by atoms with E-state index in [1.54, 1.807) is 64.1 Å². The fraction of sp³-hybridized carbons (Fsp3) is 0.385. The number of piperidine rings is 1. The molecule has 0 spiro atoms. The molecule has 17 heteroatoms. The molecule has 0 bridgehead atoms. The summed E-state index contributed by atoms with van der Waals surface area (Å²) in [6.45, 7) is 1.24. The average molecular weight is 786 g/mol. The number of hydrogen-bond acceptors (Lipinski definition) is 12. The number of imide groups is 2. The van der Waals surface area contributed by atoms with E-state index >= 15 is 0 Å². The SMILES string of the molecule is COc1cc(-c2cn(C)c(=O)c3cnccc23)cc(OC)c1CC(CCCCNc1ccc2c(c1)C(=O)N(C1CCC(=O)NC1=O)C2=O)NS(=O)(=O)C1CNC1. The Morgan fingerprint density at radius 1 is 0.929 bits per heavy atom. The van der Waals surface area contributed by atoms with Crippen LogP contribution in [0.3, 0.4) is 0 Å². The van der Waals surface area contributed by atoms with Crippen molar-refractivity contribution in [1.29, 1.82) is 0 Å². The number of anilines is 1. The number of aromatic nitrogens is 2. The third kappa shape index (κ3) is 7.48. The van der Waals surface area contributed by atoms with Gasteiger partial charge in [0.25, 0.3) is 17.4 Å². The number of hydrogen-bond donors (Lipinski definition) is 4. The first-order valence-corrected chi connectivity index (χ1v) is 19.9. The highest BCUT2D eigenvalue weighted by molar-refractivity contribution is 7.90. The van der Waals surface area contributed by atoms with Crippen LogP contribution < -0.4 is 35.7 Å². The number of methoxy groups -OCH3 is 2. The number of ether oxygens (including phenoxy) is 2. The number of nitrogens with zero attached hydrogens (tertiary/aromatic N) is 3. The van der Waals surface area contributed by atoms with Gasteiger partial charge in [-0.3, -0.25) is 39.2 Å². The zero-order valence-electron chi connectivity index (χ0n) is 31.2. The van der Waals surface area contributed by atoms with Crippen molar-refractivity contribution in [1.82, 2.24) is 29.8 Å². The van der Waals surface area contributed by atoms with Crippen LogP contribution >= 0.6 is 0 Å². The van der Waals surface area contributed by atoms with E-state index in [2.05, 4.69) is 25.7 Å². The van der Waals surface area contributed by atoms with Gasteiger partial charge in [0.2, 0.25) is 21.8 Å². The van der Waals surface area contributed by atoms with Gasteiger partial charge < -0.3 is 24.7 Å². The number of benzene rings is 2. The molecular formula is C39H43N7O9S. The number of carbonyl (C=O) groups is 4. The van der Waals surface area contributed by atoms with Crippen LogP contribution in [0.25, 0.3) is 21.9 Å². The summed E-state index contributed by atoms with van der Waals surface area (Å²) in [6.07, 6.45) is 7.10. The Morgan fingerprint density at radius 2 is 1.66 bits per heavy atom. The maximum Gasteiger partial charge on any atom is 0.262 e. The van der Waals surface area contributed by atoms with Gasteiger partial charge >= 0.3 is 0 Å². The number of amides is 4. The highest BCUT2D eigenvalue weighted by Crippen LogP contribution is 2.38. The number of unbranched alkanes of at least 4 members (excludes halogenated alkanes) is 1. The minimum atomic E-state index is -3.64. The Labute approximate surface area is 323 Å². The fourth-order valence-electron chi connectivity index (χ4n) is 7.47. The predicted octanol–water partition coefficient (Wildman–Crippen LogP) is 2.10. The monoisotopic (exact) mass is 785 g/mol. The summed E-state index contributed by atoms with van der Waals surface area (Å²) in [7, 11) is 1.13. The topological polar surface area (TPSA) is 207 Å². The molecule has 2 atom stereocenters. The van der Waals surface area contributed by atoms with E-state index in [1.807, 2.05) is 12.1 Å². The van der Waals surface area contributed by atoms with Crippen molar-refractivity contribution in [2.75, 3.05) is 39.2 Å². The third-order valence-corrected chi connectivity index (χ3v) is 12.5. The van der Waals surface area contributed by atoms with Crippen LogP contribution in [-0.2, 0) is 33.1 Å². The predicted molar refractivity (Wildman–Crippen MR) is 207 cm³/mol. The van der Waals surface area contributed by atoms with Crippen LogP contribution in [0.4, 0.5) is 5.69 Å². The first-order chi connectivity index (χ1) is 26.9. The van der Waals surface area contributed by atoms with Crippen molar-refractivity contribution in [3.8, 4) is 22.6 Å². The van der Waals surface area contributed by atoms with Gasteiger partial charge in [0, 0.05) is 74.5 Å². The van der Waals surface area contributed by atoms with Crippen molar-refractivity contribution >= 4 is 50.1 Å². The molecule has 3 aliphatic rings. The maximum atomic E-state index is 13.4. The normalized spacial score (nSPS) is 17.8. The molecule has 294 valence electrons. The number of fused-ring (bicyclic) bond motifs is 2. The maximum absolute atomic E-state index is 13.4. The second-order valence-electron chi connectivity index (χ2n) is 14.2. The van der Waals surface area contributed by atoms with E-state index in [9.17, 15) is 32.4 Å². The van der Waals surface area contributed by atoms with Crippen molar-refractivity contribution in [3.63, 3.8) is 0 Å². The molecule has 0 radical (unpaired) electrons. The van der Waals surface area contributed by atoms with Crippen LogP contribution in [0.1, 0.15) is 58.4 Å². The molecule has 3 aliphatic heterocycles. The van der Waals surface area contributed by atoms with Gasteiger partial charge in [-0.25, -0.2) is 13.1 Å². The summed E-state index contributed by atoms with van der Waals surface area (Å²) >= 11 is 0. The molecule has 0 saturated carbocycles. The molecule has 4 aromatic rings. The van der Waals surface area contributed by atoms with Crippen LogP contribution in [-0.4, -0.2) is 97.7 Å².